The van der Waals surface area contributed by atoms with Gasteiger partial charge in [0.15, 0.2) is 6.61 Å². The largest absolute Gasteiger partial charge is 0.457 e. The van der Waals surface area contributed by atoms with Crippen molar-refractivity contribution in [2.75, 3.05) is 17.2 Å². The second-order valence-corrected chi connectivity index (χ2v) is 8.60. The molecule has 3 aromatic rings. The summed E-state index contributed by atoms with van der Waals surface area (Å²) in [6.45, 7) is 3.55. The molecule has 7 nitrogen and oxygen atoms in total. The molecule has 0 unspecified atom stereocenters. The van der Waals surface area contributed by atoms with Crippen LogP contribution >= 0.6 is 23.2 Å². The van der Waals surface area contributed by atoms with Gasteiger partial charge in [-0.25, -0.2) is 0 Å². The van der Waals surface area contributed by atoms with E-state index in [0.717, 1.165) is 11.3 Å². The average Bonchev–Trinajstić information content (AvgIpc) is 2.82. The fraction of sp³-hybridized carbons (Fsp3) is 0.192. The Morgan fingerprint density at radius 1 is 0.771 bits per heavy atom. The van der Waals surface area contributed by atoms with Crippen molar-refractivity contribution >= 4 is 52.4 Å². The molecule has 0 aromatic heterocycles. The Kier molecular flexibility index (Phi) is 9.11. The number of rotatable bonds is 9. The molecule has 0 saturated heterocycles. The number of benzene rings is 3. The van der Waals surface area contributed by atoms with Crippen LogP contribution in [0.15, 0.2) is 60.7 Å². The van der Waals surface area contributed by atoms with E-state index in [-0.39, 0.29) is 23.8 Å². The quantitative estimate of drug-likeness (QED) is 0.326. The average molecular weight is 515 g/mol. The number of amides is 2. The van der Waals surface area contributed by atoms with Crippen LogP contribution in [-0.2, 0) is 19.1 Å². The highest BCUT2D eigenvalue weighted by Crippen LogP contribution is 2.26. The summed E-state index contributed by atoms with van der Waals surface area (Å²) in [5.41, 5.74) is 3.24. The number of aryl methyl sites for hydroxylation is 2. The lowest BCUT2D eigenvalue weighted by Gasteiger charge is -2.10. The van der Waals surface area contributed by atoms with Gasteiger partial charge in [0.25, 0.3) is 5.91 Å². The molecule has 3 aromatic carbocycles. The zero-order chi connectivity index (χ0) is 25.4. The molecule has 9 heteroatoms. The molecule has 2 amide bonds. The number of carbonyl (C=O) groups excluding carboxylic acids is 3. The molecule has 0 aliphatic carbocycles. The predicted octanol–water partition coefficient (Wildman–Crippen LogP) is 6.30. The summed E-state index contributed by atoms with van der Waals surface area (Å²) in [7, 11) is 0. The van der Waals surface area contributed by atoms with Gasteiger partial charge in [-0.15, -0.1) is 0 Å². The Bertz CT molecular complexity index is 1230. The SMILES string of the molecule is Cc1ccc(Oc2ccc(NC(=O)CCC(=O)OCC(=O)Nc3ccc(Cl)cc3Cl)cc2)cc1C. The van der Waals surface area contributed by atoms with Crippen LogP contribution < -0.4 is 15.4 Å². The zero-order valence-corrected chi connectivity index (χ0v) is 20.7. The first-order valence-corrected chi connectivity index (χ1v) is 11.5. The van der Waals surface area contributed by atoms with E-state index >= 15 is 0 Å². The van der Waals surface area contributed by atoms with Gasteiger partial charge in [-0.05, 0) is 79.6 Å². The standard InChI is InChI=1S/C26H24Cl2N2O5/c1-16-3-7-21(13-17(16)2)35-20-8-5-19(6-9-20)29-24(31)11-12-26(33)34-15-25(32)30-23-10-4-18(27)14-22(23)28/h3-10,13-14H,11-12,15H2,1-2H3,(H,29,31)(H,30,32). The van der Waals surface area contributed by atoms with Crippen molar-refractivity contribution < 1.29 is 23.9 Å². The smallest absolute Gasteiger partial charge is 0.306 e. The summed E-state index contributed by atoms with van der Waals surface area (Å²) in [6.07, 6.45) is -0.265. The molecule has 3 rings (SSSR count). The Labute approximate surface area is 213 Å². The number of anilines is 2. The van der Waals surface area contributed by atoms with Crippen molar-refractivity contribution in [2.45, 2.75) is 26.7 Å². The van der Waals surface area contributed by atoms with Crippen molar-refractivity contribution in [2.24, 2.45) is 0 Å². The number of nitrogens with one attached hydrogen (secondary N) is 2. The van der Waals surface area contributed by atoms with Crippen molar-refractivity contribution in [1.29, 1.82) is 0 Å². The van der Waals surface area contributed by atoms with Gasteiger partial charge in [0.1, 0.15) is 11.5 Å². The van der Waals surface area contributed by atoms with Crippen LogP contribution in [0.1, 0.15) is 24.0 Å². The van der Waals surface area contributed by atoms with E-state index < -0.39 is 18.5 Å². The number of hydrogen-bond acceptors (Lipinski definition) is 5. The lowest BCUT2D eigenvalue weighted by atomic mass is 10.1. The van der Waals surface area contributed by atoms with Gasteiger partial charge in [0.2, 0.25) is 5.91 Å². The first-order chi connectivity index (χ1) is 16.7. The normalized spacial score (nSPS) is 10.4. The predicted molar refractivity (Wildman–Crippen MR) is 136 cm³/mol. The van der Waals surface area contributed by atoms with Crippen LogP contribution in [0.4, 0.5) is 11.4 Å². The molecule has 35 heavy (non-hydrogen) atoms. The maximum absolute atomic E-state index is 12.2. The second kappa shape index (κ2) is 12.2. The summed E-state index contributed by atoms with van der Waals surface area (Å²) in [5, 5.41) is 5.92. The minimum Gasteiger partial charge on any atom is -0.457 e. The van der Waals surface area contributed by atoms with Crippen molar-refractivity contribution in [3.8, 4) is 11.5 Å². The molecule has 182 valence electrons. The third kappa shape index (κ3) is 8.31. The van der Waals surface area contributed by atoms with Gasteiger partial charge in [-0.1, -0.05) is 29.3 Å². The third-order valence-electron chi connectivity index (χ3n) is 4.98. The molecular formula is C26H24Cl2N2O5. The van der Waals surface area contributed by atoms with Gasteiger partial charge in [-0.2, -0.15) is 0 Å². The molecule has 0 bridgehead atoms. The van der Waals surface area contributed by atoms with Crippen molar-refractivity contribution in [3.63, 3.8) is 0 Å². The third-order valence-corrected chi connectivity index (χ3v) is 5.53. The molecule has 0 aliphatic heterocycles. The van der Waals surface area contributed by atoms with E-state index in [1.54, 1.807) is 30.3 Å². The summed E-state index contributed by atoms with van der Waals surface area (Å²) in [5.74, 6) is -0.228. The number of carbonyl (C=O) groups is 3. The van der Waals surface area contributed by atoms with Gasteiger partial charge in [-0.3, -0.25) is 14.4 Å². The van der Waals surface area contributed by atoms with Gasteiger partial charge < -0.3 is 20.1 Å². The van der Waals surface area contributed by atoms with Crippen LogP contribution in [-0.4, -0.2) is 24.4 Å². The molecule has 0 heterocycles. The van der Waals surface area contributed by atoms with Crippen molar-refractivity contribution in [1.82, 2.24) is 0 Å². The summed E-state index contributed by atoms with van der Waals surface area (Å²) >= 11 is 11.8. The minimum absolute atomic E-state index is 0.0929. The maximum Gasteiger partial charge on any atom is 0.306 e. The fourth-order valence-electron chi connectivity index (χ4n) is 2.95. The van der Waals surface area contributed by atoms with Crippen LogP contribution in [0.5, 0.6) is 11.5 Å². The Morgan fingerprint density at radius 2 is 1.49 bits per heavy atom. The van der Waals surface area contributed by atoms with Crippen molar-refractivity contribution in [3.05, 3.63) is 81.8 Å². The summed E-state index contributed by atoms with van der Waals surface area (Å²) in [6, 6.07) is 17.3. The monoisotopic (exact) mass is 514 g/mol. The van der Waals surface area contributed by atoms with E-state index in [1.807, 2.05) is 32.0 Å². The van der Waals surface area contributed by atoms with Crippen LogP contribution in [0, 0.1) is 13.8 Å². The number of hydrogen-bond donors (Lipinski definition) is 2. The van der Waals surface area contributed by atoms with Crippen LogP contribution in [0.25, 0.3) is 0 Å². The zero-order valence-electron chi connectivity index (χ0n) is 19.2. The van der Waals surface area contributed by atoms with Gasteiger partial charge in [0, 0.05) is 17.1 Å². The first-order valence-electron chi connectivity index (χ1n) is 10.7. The summed E-state index contributed by atoms with van der Waals surface area (Å²) < 4.78 is 10.7. The Balaban J connectivity index is 1.38. The molecule has 0 radical (unpaired) electrons. The highest BCUT2D eigenvalue weighted by atomic mass is 35.5. The van der Waals surface area contributed by atoms with E-state index in [4.69, 9.17) is 32.7 Å². The highest BCUT2D eigenvalue weighted by Gasteiger charge is 2.12. The van der Waals surface area contributed by atoms with Gasteiger partial charge in [0.05, 0.1) is 17.1 Å². The van der Waals surface area contributed by atoms with Crippen LogP contribution in [0.2, 0.25) is 10.0 Å². The van der Waals surface area contributed by atoms with E-state index in [2.05, 4.69) is 10.6 Å². The van der Waals surface area contributed by atoms with Gasteiger partial charge >= 0.3 is 5.97 Å². The molecule has 0 fully saturated rings. The topological polar surface area (TPSA) is 93.7 Å². The highest BCUT2D eigenvalue weighted by molar-refractivity contribution is 6.36. The fourth-order valence-corrected chi connectivity index (χ4v) is 3.41. The second-order valence-electron chi connectivity index (χ2n) is 7.75. The minimum atomic E-state index is -0.672. The molecule has 0 saturated carbocycles. The maximum atomic E-state index is 12.2. The first kappa shape index (κ1) is 26.1. The molecule has 0 atom stereocenters. The Morgan fingerprint density at radius 3 is 2.17 bits per heavy atom. The summed E-state index contributed by atoms with van der Waals surface area (Å²) in [4.78, 5) is 36.0. The van der Waals surface area contributed by atoms with E-state index in [9.17, 15) is 14.4 Å². The van der Waals surface area contributed by atoms with Crippen LogP contribution in [0.3, 0.4) is 0 Å². The van der Waals surface area contributed by atoms with E-state index in [0.29, 0.717) is 22.1 Å². The number of halogens is 2. The molecule has 0 aliphatic rings. The Hall–Kier alpha value is -3.55. The van der Waals surface area contributed by atoms with E-state index in [1.165, 1.54) is 17.7 Å². The molecular weight excluding hydrogens is 491 g/mol. The molecule has 2 N–H and O–H groups in total. The lowest BCUT2D eigenvalue weighted by Crippen LogP contribution is -2.22. The molecule has 0 spiro atoms. The number of esters is 1. The lowest BCUT2D eigenvalue weighted by molar-refractivity contribution is -0.147. The number of ether oxygens (including phenoxy) is 2.